The number of hydrogen-bond donors (Lipinski definition) is 0. The van der Waals surface area contributed by atoms with Gasteiger partial charge in [-0.2, -0.15) is 5.10 Å². The third-order valence-electron chi connectivity index (χ3n) is 6.50. The number of pyridine rings is 1. The Labute approximate surface area is 213 Å². The quantitative estimate of drug-likeness (QED) is 0.397. The van der Waals surface area contributed by atoms with Crippen LogP contribution < -0.4 is 0 Å². The highest BCUT2D eigenvalue weighted by molar-refractivity contribution is 8.21. The van der Waals surface area contributed by atoms with Crippen molar-refractivity contribution in [3.8, 4) is 16.9 Å². The average Bonchev–Trinajstić information content (AvgIpc) is 3.24. The molecule has 1 aliphatic heterocycles. The van der Waals surface area contributed by atoms with E-state index in [9.17, 15) is 13.6 Å². The second-order valence-corrected chi connectivity index (χ2v) is 10.4. The fourth-order valence-corrected chi connectivity index (χ4v) is 5.80. The Hall–Kier alpha value is -3.17. The number of carbonyl (C=O) groups is 1. The first-order chi connectivity index (χ1) is 17.3. The fraction of sp³-hybridized carbons (Fsp3) is 0.333. The molecule has 0 saturated carbocycles. The molecule has 1 fully saturated rings. The highest BCUT2D eigenvalue weighted by Gasteiger charge is 2.35. The van der Waals surface area contributed by atoms with Crippen molar-refractivity contribution in [1.29, 1.82) is 0 Å². The summed E-state index contributed by atoms with van der Waals surface area (Å²) < 4.78 is 29.5. The fourth-order valence-electron chi connectivity index (χ4n) is 4.92. The molecule has 0 spiro atoms. The smallest absolute Gasteiger partial charge is 0.260 e. The molecular weight excluding hydrogens is 480 g/mol. The molecule has 1 saturated heterocycles. The van der Waals surface area contributed by atoms with Gasteiger partial charge in [0.25, 0.3) is 5.92 Å². The van der Waals surface area contributed by atoms with E-state index in [0.717, 1.165) is 62.6 Å². The molecule has 2 aliphatic rings. The van der Waals surface area contributed by atoms with Crippen LogP contribution in [0.1, 0.15) is 43.0 Å². The summed E-state index contributed by atoms with van der Waals surface area (Å²) in [5.74, 6) is -2.62. The van der Waals surface area contributed by atoms with Crippen LogP contribution in [-0.4, -0.2) is 50.5 Å². The summed E-state index contributed by atoms with van der Waals surface area (Å²) in [5.41, 5.74) is 6.17. The molecule has 0 amide bonds. The van der Waals surface area contributed by atoms with Gasteiger partial charge in [0, 0.05) is 43.4 Å². The minimum atomic E-state index is -2.62. The summed E-state index contributed by atoms with van der Waals surface area (Å²) >= 11 is 1.15. The van der Waals surface area contributed by atoms with E-state index in [1.807, 2.05) is 41.1 Å². The van der Waals surface area contributed by atoms with E-state index in [-0.39, 0.29) is 18.1 Å². The molecule has 2 aromatic heterocycles. The van der Waals surface area contributed by atoms with Crippen LogP contribution in [0.25, 0.3) is 21.8 Å². The third-order valence-corrected chi connectivity index (χ3v) is 7.42. The number of hydrogen-bond acceptors (Lipinski definition) is 6. The van der Waals surface area contributed by atoms with Crippen LogP contribution >= 0.6 is 11.8 Å². The maximum Gasteiger partial charge on any atom is 0.260 e. The number of nitrogens with zero attached hydrogens (tertiary/aromatic N) is 5. The molecule has 0 radical (unpaired) electrons. The van der Waals surface area contributed by atoms with Gasteiger partial charge in [-0.05, 0) is 74.1 Å². The van der Waals surface area contributed by atoms with Gasteiger partial charge in [0.2, 0.25) is 0 Å². The normalized spacial score (nSPS) is 17.6. The lowest BCUT2D eigenvalue weighted by atomic mass is 9.96. The lowest BCUT2D eigenvalue weighted by molar-refractivity contribution is -0.109. The van der Waals surface area contributed by atoms with Gasteiger partial charge in [-0.1, -0.05) is 12.1 Å². The molecule has 9 heteroatoms. The lowest BCUT2D eigenvalue weighted by Crippen LogP contribution is -2.41. The van der Waals surface area contributed by atoms with E-state index < -0.39 is 5.92 Å². The molecule has 5 rings (SSSR count). The van der Waals surface area contributed by atoms with Crippen molar-refractivity contribution in [2.45, 2.75) is 45.1 Å². The summed E-state index contributed by atoms with van der Waals surface area (Å²) in [4.78, 5) is 23.2. The van der Waals surface area contributed by atoms with Crippen molar-refractivity contribution < 1.29 is 13.6 Å². The molecule has 3 heterocycles. The number of carbonyl (C=O) groups excluding carboxylic acids is 1. The van der Waals surface area contributed by atoms with E-state index in [1.54, 1.807) is 17.3 Å². The zero-order valence-electron chi connectivity index (χ0n) is 20.1. The van der Waals surface area contributed by atoms with Crippen molar-refractivity contribution in [3.05, 3.63) is 71.3 Å². The predicted molar refractivity (Wildman–Crippen MR) is 139 cm³/mol. The van der Waals surface area contributed by atoms with E-state index in [1.165, 1.54) is 6.92 Å². The SMILES string of the molecule is C=NC1=C(SC(C)=O)c2c(c(-c3cccnc3)nn2-c2ccc(CN3CCCC(F)(F)C3)cc2)CC1. The topological polar surface area (TPSA) is 63.4 Å². The highest BCUT2D eigenvalue weighted by Crippen LogP contribution is 2.44. The van der Waals surface area contributed by atoms with Crippen LogP contribution in [0.15, 0.2) is 59.5 Å². The van der Waals surface area contributed by atoms with Gasteiger partial charge in [0.15, 0.2) is 5.12 Å². The molecule has 0 N–H and O–H groups in total. The number of likely N-dealkylation sites (tertiary alicyclic amines) is 1. The largest absolute Gasteiger partial charge is 0.293 e. The zero-order chi connectivity index (χ0) is 25.3. The number of alkyl halides is 2. The molecule has 0 unspecified atom stereocenters. The maximum atomic E-state index is 13.8. The molecule has 6 nitrogen and oxygen atoms in total. The van der Waals surface area contributed by atoms with Gasteiger partial charge in [0.1, 0.15) is 0 Å². The molecule has 186 valence electrons. The summed E-state index contributed by atoms with van der Waals surface area (Å²) in [5, 5.41) is 4.93. The summed E-state index contributed by atoms with van der Waals surface area (Å²) in [6, 6.07) is 11.7. The first-order valence-electron chi connectivity index (χ1n) is 11.9. The van der Waals surface area contributed by atoms with Crippen molar-refractivity contribution >= 4 is 28.5 Å². The van der Waals surface area contributed by atoms with Gasteiger partial charge in [-0.15, -0.1) is 0 Å². The van der Waals surface area contributed by atoms with Crippen LogP contribution in [0.5, 0.6) is 0 Å². The first kappa shape index (κ1) is 24.5. The average molecular weight is 508 g/mol. The van der Waals surface area contributed by atoms with E-state index in [0.29, 0.717) is 25.9 Å². The Morgan fingerprint density at radius 2 is 2.03 bits per heavy atom. The Morgan fingerprint density at radius 3 is 2.69 bits per heavy atom. The maximum absolute atomic E-state index is 13.8. The van der Waals surface area contributed by atoms with Gasteiger partial charge in [-0.3, -0.25) is 19.7 Å². The number of aromatic nitrogens is 3. The number of aliphatic imine (C=N–C) groups is 1. The number of halogens is 2. The van der Waals surface area contributed by atoms with Crippen molar-refractivity contribution in [1.82, 2.24) is 19.7 Å². The molecular formula is C27H27F2N5OS. The number of fused-ring (bicyclic) bond motifs is 1. The van der Waals surface area contributed by atoms with Crippen LogP contribution in [0, 0.1) is 0 Å². The number of rotatable bonds is 6. The Kier molecular flexibility index (Phi) is 6.85. The van der Waals surface area contributed by atoms with Gasteiger partial charge >= 0.3 is 0 Å². The summed E-state index contributed by atoms with van der Waals surface area (Å²) in [7, 11) is 0. The highest BCUT2D eigenvalue weighted by atomic mass is 32.2. The van der Waals surface area contributed by atoms with E-state index in [2.05, 4.69) is 16.7 Å². The van der Waals surface area contributed by atoms with Gasteiger partial charge in [0.05, 0.1) is 34.2 Å². The second-order valence-electron chi connectivity index (χ2n) is 9.19. The summed E-state index contributed by atoms with van der Waals surface area (Å²) in [6.45, 7) is 6.21. The standard InChI is InChI=1S/C27H27F2N5OS/c1-18(35)36-26-23(30-2)11-10-22-24(20-5-3-13-31-15-20)32-34(25(22)26)21-8-6-19(7-9-21)16-33-14-4-12-27(28,29)17-33/h3,5-9,13,15H,2,4,10-12,14,16-17H2,1H3. The van der Waals surface area contributed by atoms with Crippen LogP contribution in [0.4, 0.5) is 8.78 Å². The van der Waals surface area contributed by atoms with Crippen molar-refractivity contribution in [2.75, 3.05) is 13.1 Å². The molecule has 36 heavy (non-hydrogen) atoms. The number of piperidine rings is 1. The predicted octanol–water partition coefficient (Wildman–Crippen LogP) is 5.76. The third kappa shape index (κ3) is 5.03. The number of allylic oxidation sites excluding steroid dienone is 1. The zero-order valence-corrected chi connectivity index (χ0v) is 20.9. The molecule has 0 bridgehead atoms. The van der Waals surface area contributed by atoms with Crippen molar-refractivity contribution in [3.63, 3.8) is 0 Å². The van der Waals surface area contributed by atoms with Gasteiger partial charge < -0.3 is 0 Å². The van der Waals surface area contributed by atoms with Crippen LogP contribution in [0.3, 0.4) is 0 Å². The van der Waals surface area contributed by atoms with Crippen LogP contribution in [0.2, 0.25) is 0 Å². The summed E-state index contributed by atoms with van der Waals surface area (Å²) in [6.07, 6.45) is 5.36. The Morgan fingerprint density at radius 1 is 1.22 bits per heavy atom. The Balaban J connectivity index is 1.54. The van der Waals surface area contributed by atoms with Crippen molar-refractivity contribution in [2.24, 2.45) is 4.99 Å². The van der Waals surface area contributed by atoms with Crippen LogP contribution in [-0.2, 0) is 17.8 Å². The minimum Gasteiger partial charge on any atom is -0.293 e. The minimum absolute atomic E-state index is 0.0386. The Bertz CT molecular complexity index is 1320. The second kappa shape index (κ2) is 10.1. The lowest BCUT2D eigenvalue weighted by Gasteiger charge is -2.32. The molecule has 0 atom stereocenters. The molecule has 1 aromatic carbocycles. The number of thioether (sulfide) groups is 1. The van der Waals surface area contributed by atoms with E-state index in [4.69, 9.17) is 5.10 Å². The molecule has 1 aliphatic carbocycles. The number of benzene rings is 1. The first-order valence-corrected chi connectivity index (χ1v) is 12.8. The monoisotopic (exact) mass is 507 g/mol. The van der Waals surface area contributed by atoms with Gasteiger partial charge in [-0.25, -0.2) is 13.5 Å². The van der Waals surface area contributed by atoms with E-state index >= 15 is 0 Å². The molecule has 3 aromatic rings.